The number of halogens is 1. The van der Waals surface area contributed by atoms with Crippen molar-refractivity contribution in [2.45, 2.75) is 19.3 Å². The molecule has 1 aliphatic heterocycles. The van der Waals surface area contributed by atoms with Gasteiger partial charge in [-0.15, -0.1) is 0 Å². The van der Waals surface area contributed by atoms with Crippen molar-refractivity contribution in [1.29, 1.82) is 0 Å². The van der Waals surface area contributed by atoms with Crippen LogP contribution < -0.4 is 14.8 Å². The van der Waals surface area contributed by atoms with E-state index in [9.17, 15) is 4.79 Å². The average molecular weight is 378 g/mol. The van der Waals surface area contributed by atoms with Crippen LogP contribution in [-0.4, -0.2) is 19.4 Å². The standard InChI is InChI=1S/C17H16BrNO4/c1-21-13-7-12-8-15(23-16(12)14(18)9-13)19-17(20)22-10-11-5-3-2-4-6-11/h2-7,9,15H,8,10H2,1H3,(H,19,20). The van der Waals surface area contributed by atoms with E-state index in [1.54, 1.807) is 7.11 Å². The molecule has 1 amide bonds. The molecule has 1 aliphatic rings. The van der Waals surface area contributed by atoms with Crippen LogP contribution >= 0.6 is 15.9 Å². The number of hydrogen-bond donors (Lipinski definition) is 1. The Kier molecular flexibility index (Phi) is 4.71. The molecule has 0 spiro atoms. The molecule has 0 aliphatic carbocycles. The Balaban J connectivity index is 1.56. The van der Waals surface area contributed by atoms with Crippen LogP contribution in [-0.2, 0) is 17.8 Å². The summed E-state index contributed by atoms with van der Waals surface area (Å²) in [7, 11) is 1.61. The Morgan fingerprint density at radius 1 is 1.35 bits per heavy atom. The normalized spacial score (nSPS) is 15.5. The lowest BCUT2D eigenvalue weighted by atomic mass is 10.1. The van der Waals surface area contributed by atoms with Gasteiger partial charge in [0.15, 0.2) is 6.23 Å². The summed E-state index contributed by atoms with van der Waals surface area (Å²) in [6.45, 7) is 0.226. The van der Waals surface area contributed by atoms with E-state index in [1.807, 2.05) is 42.5 Å². The molecule has 0 aromatic heterocycles. The summed E-state index contributed by atoms with van der Waals surface area (Å²) in [5.74, 6) is 1.46. The van der Waals surface area contributed by atoms with E-state index < -0.39 is 12.3 Å². The molecule has 5 nitrogen and oxygen atoms in total. The summed E-state index contributed by atoms with van der Waals surface area (Å²) in [5.41, 5.74) is 1.91. The molecular formula is C17H16BrNO4. The Bertz CT molecular complexity index is 705. The Morgan fingerprint density at radius 3 is 2.87 bits per heavy atom. The number of carbonyl (C=O) groups is 1. The summed E-state index contributed by atoms with van der Waals surface area (Å²) in [4.78, 5) is 11.9. The second-order valence-corrected chi connectivity index (χ2v) is 5.97. The van der Waals surface area contributed by atoms with Crippen molar-refractivity contribution in [1.82, 2.24) is 5.32 Å². The van der Waals surface area contributed by atoms with Gasteiger partial charge in [0.25, 0.3) is 0 Å². The largest absolute Gasteiger partial charge is 0.497 e. The first kappa shape index (κ1) is 15.7. The van der Waals surface area contributed by atoms with E-state index in [-0.39, 0.29) is 6.61 Å². The number of methoxy groups -OCH3 is 1. The fraction of sp³-hybridized carbons (Fsp3) is 0.235. The lowest BCUT2D eigenvalue weighted by Crippen LogP contribution is -2.38. The molecule has 6 heteroatoms. The number of amides is 1. The zero-order valence-corrected chi connectivity index (χ0v) is 14.1. The van der Waals surface area contributed by atoms with Crippen LogP contribution in [0, 0.1) is 0 Å². The second-order valence-electron chi connectivity index (χ2n) is 5.11. The number of carbonyl (C=O) groups excluding carboxylic acids is 1. The zero-order chi connectivity index (χ0) is 16.2. The minimum atomic E-state index is -0.505. The number of ether oxygens (including phenoxy) is 3. The summed E-state index contributed by atoms with van der Waals surface area (Å²) in [6.07, 6.45) is -0.391. The lowest BCUT2D eigenvalue weighted by Gasteiger charge is -2.13. The van der Waals surface area contributed by atoms with Gasteiger partial charge in [-0.2, -0.15) is 0 Å². The zero-order valence-electron chi connectivity index (χ0n) is 12.5. The number of nitrogens with one attached hydrogen (secondary N) is 1. The van der Waals surface area contributed by atoms with Gasteiger partial charge >= 0.3 is 6.09 Å². The summed E-state index contributed by atoms with van der Waals surface area (Å²) >= 11 is 3.45. The van der Waals surface area contributed by atoms with Crippen LogP contribution in [0.5, 0.6) is 11.5 Å². The maximum absolute atomic E-state index is 11.9. The van der Waals surface area contributed by atoms with E-state index in [0.717, 1.165) is 27.1 Å². The first-order valence-corrected chi connectivity index (χ1v) is 7.95. The molecule has 1 unspecified atom stereocenters. The fourth-order valence-corrected chi connectivity index (χ4v) is 2.96. The van der Waals surface area contributed by atoms with E-state index in [2.05, 4.69) is 21.2 Å². The molecule has 0 bridgehead atoms. The molecule has 2 aromatic rings. The summed E-state index contributed by atoms with van der Waals surface area (Å²) < 4.78 is 17.0. The van der Waals surface area contributed by atoms with Crippen molar-refractivity contribution < 1.29 is 19.0 Å². The van der Waals surface area contributed by atoms with Crippen molar-refractivity contribution in [3.8, 4) is 11.5 Å². The molecule has 0 radical (unpaired) electrons. The highest BCUT2D eigenvalue weighted by atomic mass is 79.9. The number of fused-ring (bicyclic) bond motifs is 1. The molecule has 23 heavy (non-hydrogen) atoms. The van der Waals surface area contributed by atoms with E-state index >= 15 is 0 Å². The summed E-state index contributed by atoms with van der Waals surface area (Å²) in [6, 6.07) is 13.2. The first-order chi connectivity index (χ1) is 11.2. The molecule has 3 rings (SSSR count). The lowest BCUT2D eigenvalue weighted by molar-refractivity contribution is 0.113. The molecule has 1 heterocycles. The third-order valence-electron chi connectivity index (χ3n) is 3.49. The number of benzene rings is 2. The van der Waals surface area contributed by atoms with Gasteiger partial charge in [0.2, 0.25) is 0 Å². The highest BCUT2D eigenvalue weighted by Gasteiger charge is 2.27. The van der Waals surface area contributed by atoms with Crippen molar-refractivity contribution in [3.05, 3.63) is 58.1 Å². The predicted octanol–water partition coefficient (Wildman–Crippen LogP) is 3.65. The molecule has 120 valence electrons. The van der Waals surface area contributed by atoms with Crippen molar-refractivity contribution in [2.75, 3.05) is 7.11 Å². The van der Waals surface area contributed by atoms with Gasteiger partial charge in [0.1, 0.15) is 18.1 Å². The maximum Gasteiger partial charge on any atom is 0.410 e. The van der Waals surface area contributed by atoms with Gasteiger partial charge in [-0.05, 0) is 33.6 Å². The molecule has 2 aromatic carbocycles. The maximum atomic E-state index is 11.9. The van der Waals surface area contributed by atoms with Crippen LogP contribution in [0.3, 0.4) is 0 Å². The third kappa shape index (κ3) is 3.76. The molecule has 0 saturated carbocycles. The van der Waals surface area contributed by atoms with Gasteiger partial charge in [0.05, 0.1) is 11.6 Å². The van der Waals surface area contributed by atoms with Gasteiger partial charge in [-0.1, -0.05) is 30.3 Å². The minimum Gasteiger partial charge on any atom is -0.497 e. The Morgan fingerprint density at radius 2 is 2.13 bits per heavy atom. The van der Waals surface area contributed by atoms with Gasteiger partial charge in [0, 0.05) is 12.0 Å². The molecular weight excluding hydrogens is 362 g/mol. The molecule has 1 N–H and O–H groups in total. The Labute approximate surface area is 142 Å². The smallest absolute Gasteiger partial charge is 0.410 e. The molecule has 1 atom stereocenters. The first-order valence-electron chi connectivity index (χ1n) is 7.16. The van der Waals surface area contributed by atoms with Crippen molar-refractivity contribution in [3.63, 3.8) is 0 Å². The predicted molar refractivity (Wildman–Crippen MR) is 88.6 cm³/mol. The van der Waals surface area contributed by atoms with Gasteiger partial charge in [-0.25, -0.2) is 4.79 Å². The molecule has 0 fully saturated rings. The van der Waals surface area contributed by atoms with Crippen LogP contribution in [0.2, 0.25) is 0 Å². The number of alkyl carbamates (subject to hydrolysis) is 1. The highest BCUT2D eigenvalue weighted by Crippen LogP contribution is 2.38. The number of hydrogen-bond acceptors (Lipinski definition) is 4. The van der Waals surface area contributed by atoms with Crippen LogP contribution in [0.25, 0.3) is 0 Å². The Hall–Kier alpha value is -2.21. The fourth-order valence-electron chi connectivity index (χ4n) is 2.38. The van der Waals surface area contributed by atoms with Crippen molar-refractivity contribution in [2.24, 2.45) is 0 Å². The van der Waals surface area contributed by atoms with Gasteiger partial charge < -0.3 is 14.2 Å². The third-order valence-corrected chi connectivity index (χ3v) is 4.08. The van der Waals surface area contributed by atoms with Crippen LogP contribution in [0.15, 0.2) is 46.9 Å². The second kappa shape index (κ2) is 6.91. The highest BCUT2D eigenvalue weighted by molar-refractivity contribution is 9.10. The minimum absolute atomic E-state index is 0.226. The van der Waals surface area contributed by atoms with Crippen LogP contribution in [0.4, 0.5) is 4.79 Å². The number of rotatable bonds is 4. The summed E-state index contributed by atoms with van der Waals surface area (Å²) in [5, 5.41) is 2.72. The quantitative estimate of drug-likeness (QED) is 0.883. The average Bonchev–Trinajstić information content (AvgIpc) is 2.96. The molecule has 0 saturated heterocycles. The monoisotopic (exact) mass is 377 g/mol. The van der Waals surface area contributed by atoms with Gasteiger partial charge in [-0.3, -0.25) is 5.32 Å². The van der Waals surface area contributed by atoms with E-state index in [4.69, 9.17) is 14.2 Å². The van der Waals surface area contributed by atoms with E-state index in [1.165, 1.54) is 0 Å². The van der Waals surface area contributed by atoms with Crippen LogP contribution in [0.1, 0.15) is 11.1 Å². The topological polar surface area (TPSA) is 56.8 Å². The van der Waals surface area contributed by atoms with E-state index in [0.29, 0.717) is 6.42 Å². The van der Waals surface area contributed by atoms with Crippen molar-refractivity contribution >= 4 is 22.0 Å². The SMILES string of the molecule is COc1cc(Br)c2c(c1)CC(NC(=O)OCc1ccccc1)O2.